The van der Waals surface area contributed by atoms with Gasteiger partial charge in [-0.25, -0.2) is 4.39 Å². The second-order valence-electron chi connectivity index (χ2n) is 5.19. The Hall–Kier alpha value is -0.890. The maximum absolute atomic E-state index is 13.4. The molecule has 19 heavy (non-hydrogen) atoms. The Morgan fingerprint density at radius 1 is 1.21 bits per heavy atom. The molecule has 0 heterocycles. The summed E-state index contributed by atoms with van der Waals surface area (Å²) in [4.78, 5) is 0. The molecule has 1 aromatic rings. The molecule has 0 N–H and O–H groups in total. The summed E-state index contributed by atoms with van der Waals surface area (Å²) in [6, 6.07) is 5.13. The summed E-state index contributed by atoms with van der Waals surface area (Å²) in [5.74, 6) is 0.654. The summed E-state index contributed by atoms with van der Waals surface area (Å²) in [6.07, 6.45) is 8.90. The molecular formula is C16H19ClF2. The van der Waals surface area contributed by atoms with Crippen molar-refractivity contribution in [1.29, 1.82) is 0 Å². The fraction of sp³-hybridized carbons (Fsp3) is 0.500. The van der Waals surface area contributed by atoms with Gasteiger partial charge < -0.3 is 0 Å². The second kappa shape index (κ2) is 7.04. The van der Waals surface area contributed by atoms with E-state index in [4.69, 9.17) is 11.6 Å². The molecule has 1 aromatic carbocycles. The molecule has 0 atom stereocenters. The number of hydrogen-bond acceptors (Lipinski definition) is 0. The lowest BCUT2D eigenvalue weighted by Gasteiger charge is -2.27. The van der Waals surface area contributed by atoms with Gasteiger partial charge in [0.05, 0.1) is 11.7 Å². The minimum absolute atomic E-state index is 0.187. The first kappa shape index (κ1) is 14.5. The third-order valence-electron chi connectivity index (χ3n) is 3.87. The molecule has 0 aliphatic heterocycles. The SMILES string of the molecule is FCCC=CC1CCC(c2ccc(Cl)c(F)c2)CC1. The van der Waals surface area contributed by atoms with Crippen LogP contribution in [0.25, 0.3) is 0 Å². The van der Waals surface area contributed by atoms with Gasteiger partial charge in [-0.2, -0.15) is 0 Å². The number of alkyl halides is 1. The predicted octanol–water partition coefficient (Wildman–Crippen LogP) is 5.67. The Kier molecular flexibility index (Phi) is 5.38. The third kappa shape index (κ3) is 4.04. The highest BCUT2D eigenvalue weighted by atomic mass is 35.5. The average molecular weight is 285 g/mol. The quantitative estimate of drug-likeness (QED) is 0.625. The largest absolute Gasteiger partial charge is 0.251 e. The van der Waals surface area contributed by atoms with Crippen LogP contribution in [0.3, 0.4) is 0 Å². The van der Waals surface area contributed by atoms with Gasteiger partial charge in [0, 0.05) is 0 Å². The summed E-state index contributed by atoms with van der Waals surface area (Å²) in [5.41, 5.74) is 1.05. The average Bonchev–Trinajstić information content (AvgIpc) is 2.43. The Bertz CT molecular complexity index is 434. The third-order valence-corrected chi connectivity index (χ3v) is 4.18. The van der Waals surface area contributed by atoms with E-state index in [2.05, 4.69) is 6.08 Å². The summed E-state index contributed by atoms with van der Waals surface area (Å²) in [6.45, 7) is -0.282. The van der Waals surface area contributed by atoms with E-state index in [1.807, 2.05) is 12.1 Å². The first-order chi connectivity index (χ1) is 9.20. The smallest absolute Gasteiger partial charge is 0.142 e. The highest BCUT2D eigenvalue weighted by molar-refractivity contribution is 6.30. The van der Waals surface area contributed by atoms with Crippen molar-refractivity contribution in [1.82, 2.24) is 0 Å². The number of hydrogen-bond donors (Lipinski definition) is 0. The van der Waals surface area contributed by atoms with Crippen molar-refractivity contribution in [3.63, 3.8) is 0 Å². The molecule has 0 unspecified atom stereocenters. The summed E-state index contributed by atoms with van der Waals surface area (Å²) in [5, 5.41) is 0.187. The van der Waals surface area contributed by atoms with Gasteiger partial charge in [-0.3, -0.25) is 4.39 Å². The van der Waals surface area contributed by atoms with Gasteiger partial charge >= 0.3 is 0 Å². The first-order valence-electron chi connectivity index (χ1n) is 6.88. The lowest BCUT2D eigenvalue weighted by molar-refractivity contribution is 0.374. The van der Waals surface area contributed by atoms with Crippen molar-refractivity contribution in [2.45, 2.75) is 38.0 Å². The van der Waals surface area contributed by atoms with Gasteiger partial charge in [-0.05, 0) is 61.6 Å². The number of halogens is 3. The molecule has 104 valence electrons. The van der Waals surface area contributed by atoms with Gasteiger partial charge in [-0.1, -0.05) is 29.8 Å². The zero-order valence-corrected chi connectivity index (χ0v) is 11.7. The lowest BCUT2D eigenvalue weighted by atomic mass is 9.78. The number of benzene rings is 1. The highest BCUT2D eigenvalue weighted by Gasteiger charge is 2.21. The predicted molar refractivity (Wildman–Crippen MR) is 75.8 cm³/mol. The Morgan fingerprint density at radius 3 is 2.58 bits per heavy atom. The molecule has 0 amide bonds. The molecular weight excluding hydrogens is 266 g/mol. The van der Waals surface area contributed by atoms with E-state index in [-0.39, 0.29) is 17.5 Å². The van der Waals surface area contributed by atoms with Crippen LogP contribution in [-0.4, -0.2) is 6.67 Å². The maximum Gasteiger partial charge on any atom is 0.142 e. The van der Waals surface area contributed by atoms with E-state index < -0.39 is 0 Å². The van der Waals surface area contributed by atoms with Gasteiger partial charge in [0.25, 0.3) is 0 Å². The van der Waals surface area contributed by atoms with Crippen LogP contribution in [-0.2, 0) is 0 Å². The standard InChI is InChI=1S/C16H19ClF2/c17-15-9-8-14(11-16(15)19)13-6-4-12(5-7-13)3-1-2-10-18/h1,3,8-9,11-13H,2,4-7,10H2. The van der Waals surface area contributed by atoms with Crippen molar-refractivity contribution >= 4 is 11.6 Å². The van der Waals surface area contributed by atoms with E-state index in [9.17, 15) is 8.78 Å². The highest BCUT2D eigenvalue weighted by Crippen LogP contribution is 2.37. The summed E-state index contributed by atoms with van der Waals surface area (Å²) >= 11 is 5.70. The van der Waals surface area contributed by atoms with Gasteiger partial charge in [0.1, 0.15) is 5.82 Å². The van der Waals surface area contributed by atoms with E-state index in [0.29, 0.717) is 18.3 Å². The van der Waals surface area contributed by atoms with E-state index in [1.165, 1.54) is 0 Å². The van der Waals surface area contributed by atoms with Crippen molar-refractivity contribution in [2.24, 2.45) is 5.92 Å². The normalized spacial score (nSPS) is 23.9. The molecule has 0 spiro atoms. The monoisotopic (exact) mass is 284 g/mol. The zero-order valence-electron chi connectivity index (χ0n) is 10.9. The second-order valence-corrected chi connectivity index (χ2v) is 5.60. The minimum Gasteiger partial charge on any atom is -0.251 e. The topological polar surface area (TPSA) is 0 Å². The van der Waals surface area contributed by atoms with Crippen molar-refractivity contribution < 1.29 is 8.78 Å². The van der Waals surface area contributed by atoms with Crippen molar-refractivity contribution in [3.05, 3.63) is 46.8 Å². The molecule has 0 saturated heterocycles. The van der Waals surface area contributed by atoms with E-state index in [0.717, 1.165) is 31.2 Å². The molecule has 1 fully saturated rings. The molecule has 0 aromatic heterocycles. The van der Waals surface area contributed by atoms with Gasteiger partial charge in [0.2, 0.25) is 0 Å². The Morgan fingerprint density at radius 2 is 1.95 bits per heavy atom. The van der Waals surface area contributed by atoms with E-state index >= 15 is 0 Å². The molecule has 2 rings (SSSR count). The molecule has 1 aliphatic rings. The van der Waals surface area contributed by atoms with Gasteiger partial charge in [0.15, 0.2) is 0 Å². The van der Waals surface area contributed by atoms with Crippen LogP contribution >= 0.6 is 11.6 Å². The summed E-state index contributed by atoms with van der Waals surface area (Å²) < 4.78 is 25.4. The van der Waals surface area contributed by atoms with Crippen LogP contribution < -0.4 is 0 Å². The molecule has 1 saturated carbocycles. The van der Waals surface area contributed by atoms with Crippen molar-refractivity contribution in [2.75, 3.05) is 6.67 Å². The Balaban J connectivity index is 1.90. The first-order valence-corrected chi connectivity index (χ1v) is 7.26. The fourth-order valence-corrected chi connectivity index (χ4v) is 2.88. The summed E-state index contributed by atoms with van der Waals surface area (Å²) in [7, 11) is 0. The maximum atomic E-state index is 13.4. The van der Waals surface area contributed by atoms with Crippen LogP contribution in [0.4, 0.5) is 8.78 Å². The van der Waals surface area contributed by atoms with Crippen LogP contribution in [0, 0.1) is 11.7 Å². The molecule has 0 nitrogen and oxygen atoms in total. The zero-order chi connectivity index (χ0) is 13.7. The molecule has 1 aliphatic carbocycles. The van der Waals surface area contributed by atoms with Crippen LogP contribution in [0.5, 0.6) is 0 Å². The van der Waals surface area contributed by atoms with Crippen molar-refractivity contribution in [3.8, 4) is 0 Å². The minimum atomic E-state index is -0.330. The fourth-order valence-electron chi connectivity index (χ4n) is 2.76. The lowest BCUT2D eigenvalue weighted by Crippen LogP contribution is -2.12. The number of rotatable bonds is 4. The van der Waals surface area contributed by atoms with Crippen LogP contribution in [0.15, 0.2) is 30.4 Å². The number of allylic oxidation sites excluding steroid dienone is 2. The van der Waals surface area contributed by atoms with E-state index in [1.54, 1.807) is 12.1 Å². The van der Waals surface area contributed by atoms with Crippen LogP contribution in [0.2, 0.25) is 5.02 Å². The van der Waals surface area contributed by atoms with Gasteiger partial charge in [-0.15, -0.1) is 0 Å². The van der Waals surface area contributed by atoms with Crippen LogP contribution in [0.1, 0.15) is 43.6 Å². The molecule has 3 heteroatoms. The Labute approximate surface area is 118 Å². The molecule has 0 radical (unpaired) electrons. The molecule has 0 bridgehead atoms.